The summed E-state index contributed by atoms with van der Waals surface area (Å²) in [6.45, 7) is 0.275. The number of aromatic amines is 1. The molecule has 0 saturated heterocycles. The number of pyridine rings is 1. The van der Waals surface area contributed by atoms with Crippen LogP contribution in [0.25, 0.3) is 22.6 Å². The predicted molar refractivity (Wildman–Crippen MR) is 85.4 cm³/mol. The second-order valence-electron chi connectivity index (χ2n) is 5.92. The number of nitrogens with zero attached hydrogens (tertiary/aromatic N) is 2. The van der Waals surface area contributed by atoms with Crippen molar-refractivity contribution in [2.24, 2.45) is 0 Å². The summed E-state index contributed by atoms with van der Waals surface area (Å²) < 4.78 is 10.8. The van der Waals surface area contributed by atoms with Crippen LogP contribution < -0.4 is 9.47 Å². The first-order valence-electron chi connectivity index (χ1n) is 7.79. The van der Waals surface area contributed by atoms with Gasteiger partial charge in [0.15, 0.2) is 11.5 Å². The zero-order valence-electron chi connectivity index (χ0n) is 12.5. The van der Waals surface area contributed by atoms with Crippen molar-refractivity contribution >= 4 is 0 Å². The molecule has 5 rings (SSSR count). The summed E-state index contributed by atoms with van der Waals surface area (Å²) in [6, 6.07) is 12.1. The smallest absolute Gasteiger partial charge is 0.231 e. The van der Waals surface area contributed by atoms with E-state index in [1.54, 1.807) is 6.33 Å². The Morgan fingerprint density at radius 1 is 1.04 bits per heavy atom. The lowest BCUT2D eigenvalue weighted by Gasteiger charge is -2.06. The van der Waals surface area contributed by atoms with Gasteiger partial charge < -0.3 is 14.5 Å². The van der Waals surface area contributed by atoms with E-state index in [1.807, 2.05) is 24.3 Å². The lowest BCUT2D eigenvalue weighted by atomic mass is 10.1. The van der Waals surface area contributed by atoms with Gasteiger partial charge in [0, 0.05) is 17.2 Å². The molecule has 3 heterocycles. The molecule has 1 saturated carbocycles. The lowest BCUT2D eigenvalue weighted by molar-refractivity contribution is 0.174. The van der Waals surface area contributed by atoms with Crippen molar-refractivity contribution in [3.8, 4) is 34.1 Å². The Balaban J connectivity index is 1.58. The van der Waals surface area contributed by atoms with Gasteiger partial charge in [0.05, 0.1) is 23.4 Å². The molecule has 0 atom stereocenters. The summed E-state index contributed by atoms with van der Waals surface area (Å²) in [5, 5.41) is 0. The number of rotatable bonds is 3. The third kappa shape index (κ3) is 2.16. The highest BCUT2D eigenvalue weighted by atomic mass is 16.7. The fraction of sp³-hybridized carbons (Fsp3) is 0.222. The molecule has 0 amide bonds. The van der Waals surface area contributed by atoms with Crippen LogP contribution in [0.3, 0.4) is 0 Å². The van der Waals surface area contributed by atoms with E-state index in [-0.39, 0.29) is 6.79 Å². The van der Waals surface area contributed by atoms with Crippen LogP contribution in [0.1, 0.15) is 24.5 Å². The quantitative estimate of drug-likeness (QED) is 0.800. The average molecular weight is 305 g/mol. The number of imidazole rings is 1. The molecule has 3 aromatic rings. The van der Waals surface area contributed by atoms with Crippen LogP contribution in [0, 0.1) is 0 Å². The first-order valence-corrected chi connectivity index (χ1v) is 7.79. The molecular weight excluding hydrogens is 290 g/mol. The van der Waals surface area contributed by atoms with Crippen molar-refractivity contribution in [1.82, 2.24) is 15.0 Å². The van der Waals surface area contributed by atoms with E-state index < -0.39 is 0 Å². The van der Waals surface area contributed by atoms with E-state index >= 15 is 0 Å². The molecule has 1 aromatic carbocycles. The van der Waals surface area contributed by atoms with Crippen LogP contribution in [0.5, 0.6) is 11.5 Å². The summed E-state index contributed by atoms with van der Waals surface area (Å²) in [5.74, 6) is 2.17. The Kier molecular flexibility index (Phi) is 2.67. The Bertz CT molecular complexity index is 883. The van der Waals surface area contributed by atoms with Crippen molar-refractivity contribution in [2.45, 2.75) is 18.8 Å². The van der Waals surface area contributed by atoms with Crippen molar-refractivity contribution in [1.29, 1.82) is 0 Å². The van der Waals surface area contributed by atoms with Gasteiger partial charge in [-0.1, -0.05) is 6.07 Å². The first kappa shape index (κ1) is 12.7. The average Bonchev–Trinajstić information content (AvgIpc) is 3.14. The molecule has 1 fully saturated rings. The molecule has 23 heavy (non-hydrogen) atoms. The molecule has 0 spiro atoms. The Morgan fingerprint density at radius 3 is 2.87 bits per heavy atom. The second kappa shape index (κ2) is 4.84. The molecule has 5 heteroatoms. The van der Waals surface area contributed by atoms with Gasteiger partial charge in [0.2, 0.25) is 6.79 Å². The molecule has 0 unspecified atom stereocenters. The number of H-pyrrole nitrogens is 1. The van der Waals surface area contributed by atoms with Crippen LogP contribution in [-0.2, 0) is 0 Å². The van der Waals surface area contributed by atoms with Gasteiger partial charge in [-0.2, -0.15) is 0 Å². The van der Waals surface area contributed by atoms with E-state index in [9.17, 15) is 0 Å². The van der Waals surface area contributed by atoms with Crippen LogP contribution >= 0.6 is 0 Å². The summed E-state index contributed by atoms with van der Waals surface area (Å²) in [4.78, 5) is 12.5. The summed E-state index contributed by atoms with van der Waals surface area (Å²) in [5.41, 5.74) is 4.91. The number of ether oxygens (including phenoxy) is 2. The van der Waals surface area contributed by atoms with Crippen molar-refractivity contribution in [2.75, 3.05) is 6.79 Å². The second-order valence-corrected chi connectivity index (χ2v) is 5.92. The highest BCUT2D eigenvalue weighted by Gasteiger charge is 2.25. The van der Waals surface area contributed by atoms with Crippen molar-refractivity contribution in [3.63, 3.8) is 0 Å². The SMILES string of the molecule is c1cc(-c2[nH]cnc2-c2ccc3c(c2)OCO3)nc(C2CC2)c1. The standard InChI is InChI=1S/C18H15N3O2/c1-2-13(11-4-5-11)21-14(3-1)18-17(19-9-20-18)12-6-7-15-16(8-12)23-10-22-15/h1-3,6-9,11H,4-5,10H2,(H,19,20). The minimum absolute atomic E-state index is 0.275. The number of nitrogens with one attached hydrogen (secondary N) is 1. The molecule has 1 aliphatic carbocycles. The van der Waals surface area contributed by atoms with Gasteiger partial charge >= 0.3 is 0 Å². The molecule has 0 bridgehead atoms. The maximum absolute atomic E-state index is 5.47. The Morgan fingerprint density at radius 2 is 1.96 bits per heavy atom. The number of hydrogen-bond donors (Lipinski definition) is 1. The van der Waals surface area contributed by atoms with Gasteiger partial charge in [-0.15, -0.1) is 0 Å². The molecule has 2 aliphatic rings. The monoisotopic (exact) mass is 305 g/mol. The van der Waals surface area contributed by atoms with Crippen molar-refractivity contribution in [3.05, 3.63) is 48.4 Å². The molecular formula is C18H15N3O2. The lowest BCUT2D eigenvalue weighted by Crippen LogP contribution is -1.93. The summed E-state index contributed by atoms with van der Waals surface area (Å²) >= 11 is 0. The van der Waals surface area contributed by atoms with Crippen LogP contribution in [0.2, 0.25) is 0 Å². The minimum Gasteiger partial charge on any atom is -0.454 e. The minimum atomic E-state index is 0.275. The maximum Gasteiger partial charge on any atom is 0.231 e. The first-order chi connectivity index (χ1) is 11.4. The largest absolute Gasteiger partial charge is 0.454 e. The van der Waals surface area contributed by atoms with Crippen LogP contribution in [0.4, 0.5) is 0 Å². The van der Waals surface area contributed by atoms with E-state index in [4.69, 9.17) is 14.5 Å². The molecule has 114 valence electrons. The highest BCUT2D eigenvalue weighted by molar-refractivity contribution is 5.77. The van der Waals surface area contributed by atoms with E-state index in [1.165, 1.54) is 18.5 Å². The number of hydrogen-bond acceptors (Lipinski definition) is 4. The van der Waals surface area contributed by atoms with Crippen LogP contribution in [0.15, 0.2) is 42.7 Å². The van der Waals surface area contributed by atoms with Gasteiger partial charge in [-0.3, -0.25) is 4.98 Å². The molecule has 2 aromatic heterocycles. The van der Waals surface area contributed by atoms with Gasteiger partial charge in [-0.05, 0) is 43.2 Å². The zero-order valence-corrected chi connectivity index (χ0v) is 12.5. The Labute approximate surface area is 133 Å². The summed E-state index contributed by atoms with van der Waals surface area (Å²) in [6.07, 6.45) is 4.20. The van der Waals surface area contributed by atoms with Crippen LogP contribution in [-0.4, -0.2) is 21.7 Å². The van der Waals surface area contributed by atoms with E-state index in [2.05, 4.69) is 22.1 Å². The van der Waals surface area contributed by atoms with E-state index in [0.29, 0.717) is 5.92 Å². The third-order valence-corrected chi connectivity index (χ3v) is 4.31. The Hall–Kier alpha value is -2.82. The molecule has 0 radical (unpaired) electrons. The maximum atomic E-state index is 5.47. The normalized spacial score (nSPS) is 15.8. The van der Waals surface area contributed by atoms with Gasteiger partial charge in [0.1, 0.15) is 0 Å². The predicted octanol–water partition coefficient (Wildman–Crippen LogP) is 3.74. The fourth-order valence-corrected chi connectivity index (χ4v) is 2.95. The number of aromatic nitrogens is 3. The van der Waals surface area contributed by atoms with E-state index in [0.717, 1.165) is 34.1 Å². The fourth-order valence-electron chi connectivity index (χ4n) is 2.95. The topological polar surface area (TPSA) is 60.0 Å². The third-order valence-electron chi connectivity index (χ3n) is 4.31. The summed E-state index contributed by atoms with van der Waals surface area (Å²) in [7, 11) is 0. The molecule has 5 nitrogen and oxygen atoms in total. The molecule has 1 aliphatic heterocycles. The number of fused-ring (bicyclic) bond motifs is 1. The highest BCUT2D eigenvalue weighted by Crippen LogP contribution is 2.40. The van der Waals surface area contributed by atoms with Gasteiger partial charge in [-0.25, -0.2) is 4.98 Å². The van der Waals surface area contributed by atoms with Gasteiger partial charge in [0.25, 0.3) is 0 Å². The van der Waals surface area contributed by atoms with Crippen molar-refractivity contribution < 1.29 is 9.47 Å². The number of benzene rings is 1. The zero-order chi connectivity index (χ0) is 15.2. The molecule has 1 N–H and O–H groups in total.